The van der Waals surface area contributed by atoms with E-state index in [1.54, 1.807) is 12.1 Å². The van der Waals surface area contributed by atoms with Gasteiger partial charge in [-0.1, -0.05) is 25.4 Å². The first-order chi connectivity index (χ1) is 11.8. The van der Waals surface area contributed by atoms with Crippen LogP contribution in [-0.2, 0) is 4.79 Å². The van der Waals surface area contributed by atoms with Crippen LogP contribution < -0.4 is 10.9 Å². The summed E-state index contributed by atoms with van der Waals surface area (Å²) >= 11 is 6.11. The maximum Gasteiger partial charge on any atom is 0.270 e. The number of hydrogen-bond acceptors (Lipinski definition) is 4. The molecule has 130 valence electrons. The zero-order valence-electron chi connectivity index (χ0n) is 13.9. The number of H-pyrrole nitrogens is 2. The number of Topliss-reactive ketones (excluding diaryl/α,β-unsaturated/α-hetero) is 1. The summed E-state index contributed by atoms with van der Waals surface area (Å²) in [6.45, 7) is 4.08. The molecule has 2 aromatic rings. The number of phenolic OH excluding ortho intramolecular Hbond substituents is 1. The summed E-state index contributed by atoms with van der Waals surface area (Å²) in [7, 11) is 0. The number of aromatic nitrogens is 2. The molecule has 6 nitrogen and oxygen atoms in total. The summed E-state index contributed by atoms with van der Waals surface area (Å²) in [4.78, 5) is 25.3. The van der Waals surface area contributed by atoms with E-state index in [9.17, 15) is 14.7 Å². The lowest BCUT2D eigenvalue weighted by molar-refractivity contribution is -0.118. The average Bonchev–Trinajstić information content (AvgIpc) is 2.87. The summed E-state index contributed by atoms with van der Waals surface area (Å²) < 4.78 is 0. The molecular formula is C18H18ClN3O3. The molecule has 0 unspecified atom stereocenters. The number of aromatic hydroxyl groups is 1. The van der Waals surface area contributed by atoms with E-state index in [1.165, 1.54) is 6.07 Å². The lowest BCUT2D eigenvalue weighted by Crippen LogP contribution is -2.35. The highest BCUT2D eigenvalue weighted by Crippen LogP contribution is 2.49. The van der Waals surface area contributed by atoms with E-state index in [0.717, 1.165) is 5.70 Å². The Bertz CT molecular complexity index is 984. The molecule has 0 saturated heterocycles. The molecule has 0 spiro atoms. The molecule has 0 saturated carbocycles. The van der Waals surface area contributed by atoms with E-state index in [-0.39, 0.29) is 22.5 Å². The molecule has 0 fully saturated rings. The van der Waals surface area contributed by atoms with Crippen LogP contribution in [0.4, 0.5) is 5.82 Å². The lowest BCUT2D eigenvalue weighted by Gasteiger charge is -2.38. The highest BCUT2D eigenvalue weighted by Gasteiger charge is 2.43. The number of rotatable bonds is 1. The van der Waals surface area contributed by atoms with Crippen molar-refractivity contribution in [2.45, 2.75) is 32.6 Å². The SMILES string of the molecule is CC1(C)CC(=O)C2=C(C1)Nc1[nH][nH]c(=O)c1[C@@H]2c1cc(Cl)ccc1O. The van der Waals surface area contributed by atoms with Crippen LogP contribution in [-0.4, -0.2) is 21.1 Å². The van der Waals surface area contributed by atoms with Crippen molar-refractivity contribution in [1.29, 1.82) is 0 Å². The van der Waals surface area contributed by atoms with Gasteiger partial charge in [0.05, 0.1) is 11.5 Å². The fraction of sp³-hybridized carbons (Fsp3) is 0.333. The van der Waals surface area contributed by atoms with Crippen LogP contribution in [0.5, 0.6) is 5.75 Å². The van der Waals surface area contributed by atoms with Gasteiger partial charge in [-0.2, -0.15) is 0 Å². The Morgan fingerprint density at radius 2 is 1.96 bits per heavy atom. The highest BCUT2D eigenvalue weighted by atomic mass is 35.5. The molecule has 2 heterocycles. The second-order valence-corrected chi connectivity index (χ2v) is 7.90. The Hall–Kier alpha value is -2.47. The number of hydrogen-bond donors (Lipinski definition) is 4. The number of fused-ring (bicyclic) bond motifs is 1. The number of ketones is 1. The van der Waals surface area contributed by atoms with Gasteiger partial charge in [0.2, 0.25) is 0 Å². The van der Waals surface area contributed by atoms with Crippen molar-refractivity contribution < 1.29 is 9.90 Å². The number of anilines is 1. The molecule has 7 heteroatoms. The van der Waals surface area contributed by atoms with Crippen LogP contribution in [0.15, 0.2) is 34.3 Å². The molecule has 1 aromatic heterocycles. The number of carbonyl (C=O) groups excluding carboxylic acids is 1. The van der Waals surface area contributed by atoms with Gasteiger partial charge in [0.1, 0.15) is 11.6 Å². The zero-order chi connectivity index (χ0) is 17.9. The highest BCUT2D eigenvalue weighted by molar-refractivity contribution is 6.30. The molecule has 1 atom stereocenters. The molecule has 1 aromatic carbocycles. The normalized spacial score (nSPS) is 21.6. The Morgan fingerprint density at radius 3 is 2.72 bits per heavy atom. The molecule has 0 radical (unpaired) electrons. The fourth-order valence-corrected chi connectivity index (χ4v) is 4.07. The number of benzene rings is 1. The van der Waals surface area contributed by atoms with Crippen molar-refractivity contribution in [3.63, 3.8) is 0 Å². The van der Waals surface area contributed by atoms with Crippen LogP contribution in [0, 0.1) is 5.41 Å². The van der Waals surface area contributed by atoms with E-state index in [1.807, 2.05) is 13.8 Å². The molecular weight excluding hydrogens is 342 g/mol. The average molecular weight is 360 g/mol. The molecule has 1 aliphatic heterocycles. The third-order valence-corrected chi connectivity index (χ3v) is 5.12. The zero-order valence-corrected chi connectivity index (χ0v) is 14.6. The first kappa shape index (κ1) is 16.0. The molecule has 4 N–H and O–H groups in total. The first-order valence-corrected chi connectivity index (χ1v) is 8.47. The van der Waals surface area contributed by atoms with E-state index in [0.29, 0.717) is 40.4 Å². The monoisotopic (exact) mass is 359 g/mol. The number of phenols is 1. The molecule has 1 aliphatic carbocycles. The Kier molecular flexibility index (Phi) is 3.37. The van der Waals surface area contributed by atoms with Gasteiger partial charge >= 0.3 is 0 Å². The van der Waals surface area contributed by atoms with E-state index in [4.69, 9.17) is 11.6 Å². The minimum Gasteiger partial charge on any atom is -0.508 e. The standard InChI is InChI=1S/C18H18ClN3O3/c1-18(2)6-10-14(12(24)7-18)13(9-5-8(19)3-4-11(9)23)15-16(20-10)21-22-17(15)25/h3-5,13,23H,6-7H2,1-2H3,(H3,20,21,22,25)/t13-/m1/s1. The van der Waals surface area contributed by atoms with Crippen LogP contribution in [0.25, 0.3) is 0 Å². The maximum atomic E-state index is 12.9. The summed E-state index contributed by atoms with van der Waals surface area (Å²) in [5.41, 5.74) is 1.68. The number of nitrogens with one attached hydrogen (secondary N) is 3. The largest absolute Gasteiger partial charge is 0.508 e. The number of aromatic amines is 2. The summed E-state index contributed by atoms with van der Waals surface area (Å²) in [6.07, 6.45) is 1.07. The number of allylic oxidation sites excluding steroid dienone is 2. The molecule has 0 bridgehead atoms. The van der Waals surface area contributed by atoms with Crippen molar-refractivity contribution in [3.8, 4) is 5.75 Å². The van der Waals surface area contributed by atoms with Crippen molar-refractivity contribution in [3.05, 3.63) is 56.0 Å². The van der Waals surface area contributed by atoms with Crippen LogP contribution in [0.1, 0.15) is 43.7 Å². The Labute approximate surface area is 148 Å². The van der Waals surface area contributed by atoms with Crippen LogP contribution >= 0.6 is 11.6 Å². The van der Waals surface area contributed by atoms with Gasteiger partial charge in [-0.3, -0.25) is 19.8 Å². The second-order valence-electron chi connectivity index (χ2n) is 7.46. The van der Waals surface area contributed by atoms with Gasteiger partial charge in [0, 0.05) is 28.3 Å². The van der Waals surface area contributed by atoms with Crippen molar-refractivity contribution in [2.75, 3.05) is 5.32 Å². The number of halogens is 1. The van der Waals surface area contributed by atoms with Gasteiger partial charge in [-0.25, -0.2) is 0 Å². The summed E-state index contributed by atoms with van der Waals surface area (Å²) in [5.74, 6) is -0.135. The van der Waals surface area contributed by atoms with Gasteiger partial charge in [0.15, 0.2) is 5.78 Å². The van der Waals surface area contributed by atoms with Gasteiger partial charge in [-0.05, 0) is 30.0 Å². The predicted octanol–water partition coefficient (Wildman–Crippen LogP) is 3.26. The third kappa shape index (κ3) is 2.48. The van der Waals surface area contributed by atoms with E-state index >= 15 is 0 Å². The minimum absolute atomic E-state index is 0.00679. The molecule has 0 amide bonds. The molecule has 4 rings (SSSR count). The van der Waals surface area contributed by atoms with E-state index < -0.39 is 5.92 Å². The van der Waals surface area contributed by atoms with Gasteiger partial charge < -0.3 is 10.4 Å². The van der Waals surface area contributed by atoms with Crippen LogP contribution in [0.3, 0.4) is 0 Å². The van der Waals surface area contributed by atoms with Gasteiger partial charge in [0.25, 0.3) is 5.56 Å². The summed E-state index contributed by atoms with van der Waals surface area (Å²) in [6, 6.07) is 4.67. The van der Waals surface area contributed by atoms with Crippen molar-refractivity contribution in [2.24, 2.45) is 5.41 Å². The maximum absolute atomic E-state index is 12.9. The smallest absolute Gasteiger partial charge is 0.270 e. The van der Waals surface area contributed by atoms with Gasteiger partial charge in [-0.15, -0.1) is 0 Å². The molecule has 25 heavy (non-hydrogen) atoms. The molecule has 2 aliphatic rings. The predicted molar refractivity (Wildman–Crippen MR) is 95.0 cm³/mol. The third-order valence-electron chi connectivity index (χ3n) is 4.89. The minimum atomic E-state index is -0.649. The topological polar surface area (TPSA) is 98.0 Å². The number of carbonyl (C=O) groups is 1. The van der Waals surface area contributed by atoms with Crippen LogP contribution in [0.2, 0.25) is 5.02 Å². The van der Waals surface area contributed by atoms with E-state index in [2.05, 4.69) is 15.5 Å². The Balaban J connectivity index is 2.00. The second kappa shape index (κ2) is 5.26. The lowest BCUT2D eigenvalue weighted by atomic mass is 9.69. The quantitative estimate of drug-likeness (QED) is 0.628. The first-order valence-electron chi connectivity index (χ1n) is 8.09. The van der Waals surface area contributed by atoms with Crippen molar-refractivity contribution >= 4 is 23.2 Å². The van der Waals surface area contributed by atoms with Crippen molar-refractivity contribution in [1.82, 2.24) is 10.2 Å². The Morgan fingerprint density at radius 1 is 1.20 bits per heavy atom. The summed E-state index contributed by atoms with van der Waals surface area (Å²) in [5, 5.41) is 19.4. The fourth-order valence-electron chi connectivity index (χ4n) is 3.89.